The monoisotopic (exact) mass is 781 g/mol. The third-order valence-corrected chi connectivity index (χ3v) is 9.73. The molecule has 0 aromatic carbocycles. The summed E-state index contributed by atoms with van der Waals surface area (Å²) in [5.41, 5.74) is 0. The van der Waals surface area contributed by atoms with E-state index in [1.807, 2.05) is 0 Å². The lowest BCUT2D eigenvalue weighted by Crippen LogP contribution is -2.30. The van der Waals surface area contributed by atoms with Gasteiger partial charge >= 0.3 is 11.9 Å². The molecule has 0 aliphatic carbocycles. The quantitative estimate of drug-likeness (QED) is 0.0351. The Kier molecular flexibility index (Phi) is 44.5. The average molecular weight is 781 g/mol. The van der Waals surface area contributed by atoms with Crippen LogP contribution in [-0.4, -0.2) is 37.9 Å². The number of allylic oxidation sites excluding steroid dienone is 12. The van der Waals surface area contributed by atoms with E-state index in [-0.39, 0.29) is 25.2 Å². The average Bonchev–Trinajstić information content (AvgIpc) is 3.20. The van der Waals surface area contributed by atoms with Crippen molar-refractivity contribution in [1.29, 1.82) is 0 Å². The molecule has 0 aliphatic heterocycles. The molecule has 0 saturated heterocycles. The zero-order valence-electron chi connectivity index (χ0n) is 36.9. The Labute approximate surface area is 347 Å². The number of esters is 2. The summed E-state index contributed by atoms with van der Waals surface area (Å²) >= 11 is 0. The zero-order valence-corrected chi connectivity index (χ0v) is 36.9. The lowest BCUT2D eigenvalue weighted by atomic mass is 10.1. The fraction of sp³-hybridized carbons (Fsp3) is 0.725. The van der Waals surface area contributed by atoms with Crippen molar-refractivity contribution in [3.63, 3.8) is 0 Å². The highest BCUT2D eigenvalue weighted by Gasteiger charge is 2.17. The summed E-state index contributed by atoms with van der Waals surface area (Å²) in [6, 6.07) is 0. The summed E-state index contributed by atoms with van der Waals surface area (Å²) in [5.74, 6) is -0.468. The first-order chi connectivity index (χ1) is 27.6. The molecule has 1 atom stereocenters. The molecule has 0 heterocycles. The lowest BCUT2D eigenvalue weighted by Gasteiger charge is -2.18. The maximum absolute atomic E-state index is 12.7. The van der Waals surface area contributed by atoms with Crippen molar-refractivity contribution >= 4 is 11.9 Å². The number of carbonyl (C=O) groups excluding carboxylic acids is 2. The first-order valence-electron chi connectivity index (χ1n) is 23.5. The Bertz CT molecular complexity index is 1020. The molecule has 0 N–H and O–H groups in total. The first-order valence-corrected chi connectivity index (χ1v) is 23.5. The molecule has 0 aromatic heterocycles. The molecule has 0 aromatic rings. The third-order valence-electron chi connectivity index (χ3n) is 9.73. The highest BCUT2D eigenvalue weighted by atomic mass is 16.6. The molecule has 5 heteroatoms. The molecule has 0 spiro atoms. The fourth-order valence-corrected chi connectivity index (χ4v) is 6.23. The van der Waals surface area contributed by atoms with Gasteiger partial charge in [-0.3, -0.25) is 9.59 Å². The van der Waals surface area contributed by atoms with Crippen LogP contribution >= 0.6 is 0 Å². The van der Waals surface area contributed by atoms with Crippen LogP contribution in [0.2, 0.25) is 0 Å². The third kappa shape index (κ3) is 44.1. The van der Waals surface area contributed by atoms with Gasteiger partial charge in [0.1, 0.15) is 6.61 Å². The van der Waals surface area contributed by atoms with E-state index in [0.29, 0.717) is 19.4 Å². The molecule has 322 valence electrons. The fourth-order valence-electron chi connectivity index (χ4n) is 6.23. The summed E-state index contributed by atoms with van der Waals surface area (Å²) in [6.07, 6.45) is 59.0. The summed E-state index contributed by atoms with van der Waals surface area (Å²) in [7, 11) is 0. The summed E-state index contributed by atoms with van der Waals surface area (Å²) in [4.78, 5) is 25.2. The van der Waals surface area contributed by atoms with Gasteiger partial charge in [-0.25, -0.2) is 0 Å². The smallest absolute Gasteiger partial charge is 0.306 e. The highest BCUT2D eigenvalue weighted by Crippen LogP contribution is 2.13. The van der Waals surface area contributed by atoms with Crippen molar-refractivity contribution in [2.45, 2.75) is 219 Å². The molecule has 0 aliphatic rings. The van der Waals surface area contributed by atoms with Crippen molar-refractivity contribution in [2.75, 3.05) is 19.8 Å². The molecule has 56 heavy (non-hydrogen) atoms. The van der Waals surface area contributed by atoms with Gasteiger partial charge in [0.2, 0.25) is 0 Å². The van der Waals surface area contributed by atoms with Crippen LogP contribution in [0.3, 0.4) is 0 Å². The van der Waals surface area contributed by atoms with Crippen molar-refractivity contribution in [3.8, 4) is 0 Å². The van der Waals surface area contributed by atoms with Gasteiger partial charge in [0.15, 0.2) is 6.10 Å². The van der Waals surface area contributed by atoms with Crippen LogP contribution in [0.5, 0.6) is 0 Å². The molecule has 0 rings (SSSR count). The second kappa shape index (κ2) is 46.7. The first kappa shape index (κ1) is 53.3. The van der Waals surface area contributed by atoms with Crippen LogP contribution in [0.4, 0.5) is 0 Å². The normalized spacial score (nSPS) is 12.8. The van der Waals surface area contributed by atoms with E-state index in [1.165, 1.54) is 109 Å². The van der Waals surface area contributed by atoms with Gasteiger partial charge in [-0.1, -0.05) is 196 Å². The van der Waals surface area contributed by atoms with E-state index in [9.17, 15) is 9.59 Å². The van der Waals surface area contributed by atoms with Crippen LogP contribution < -0.4 is 0 Å². The van der Waals surface area contributed by atoms with E-state index in [2.05, 4.69) is 93.7 Å². The van der Waals surface area contributed by atoms with Gasteiger partial charge in [0, 0.05) is 19.4 Å². The van der Waals surface area contributed by atoms with Crippen molar-refractivity contribution < 1.29 is 23.8 Å². The molecule has 0 radical (unpaired) electrons. The highest BCUT2D eigenvalue weighted by molar-refractivity contribution is 5.70. The standard InChI is InChI=1S/C51H88O5/c1-4-7-10-13-16-19-22-24-25-26-27-28-30-32-35-38-41-44-50(52)55-48-49(47-54-46-43-40-37-34-31-23-20-17-14-11-8-5-2)56-51(53)45-42-39-36-33-29-21-18-15-12-9-6-3/h7,10,14,16-17,19,24-25,27-28,32,35,49H,4-6,8-9,11-13,15,18,20-23,26,29-31,33-34,36-48H2,1-3H3/b10-7-,17-14-,19-16-,25-24-,28-27-,35-32-. The molecule has 0 bridgehead atoms. The topological polar surface area (TPSA) is 61.8 Å². The largest absolute Gasteiger partial charge is 0.462 e. The zero-order chi connectivity index (χ0) is 40.7. The number of hydrogen-bond donors (Lipinski definition) is 0. The Morgan fingerprint density at radius 2 is 0.839 bits per heavy atom. The Morgan fingerprint density at radius 3 is 1.41 bits per heavy atom. The maximum Gasteiger partial charge on any atom is 0.306 e. The van der Waals surface area contributed by atoms with Gasteiger partial charge in [-0.2, -0.15) is 0 Å². The van der Waals surface area contributed by atoms with Crippen molar-refractivity contribution in [1.82, 2.24) is 0 Å². The Hall–Kier alpha value is -2.66. The number of unbranched alkanes of at least 4 members (excludes halogenated alkanes) is 19. The van der Waals surface area contributed by atoms with Gasteiger partial charge in [-0.15, -0.1) is 0 Å². The molecule has 5 nitrogen and oxygen atoms in total. The van der Waals surface area contributed by atoms with E-state index < -0.39 is 6.10 Å². The van der Waals surface area contributed by atoms with E-state index in [4.69, 9.17) is 14.2 Å². The second-order valence-corrected chi connectivity index (χ2v) is 15.3. The predicted octanol–water partition coefficient (Wildman–Crippen LogP) is 15.6. The number of ether oxygens (including phenoxy) is 3. The van der Waals surface area contributed by atoms with Gasteiger partial charge in [0.05, 0.1) is 6.61 Å². The number of rotatable bonds is 42. The van der Waals surface area contributed by atoms with Gasteiger partial charge in [-0.05, 0) is 77.0 Å². The Morgan fingerprint density at radius 1 is 0.411 bits per heavy atom. The SMILES string of the molecule is CC/C=C\C/C=C\C/C=C\C/C=C\C/C=C\CCCC(=O)OCC(COCCCCCCCC/C=C\CCCC)OC(=O)CCCCCCCCCCCCC. The molecular formula is C51H88O5. The summed E-state index contributed by atoms with van der Waals surface area (Å²) in [6.45, 7) is 7.60. The minimum atomic E-state index is -0.560. The van der Waals surface area contributed by atoms with E-state index >= 15 is 0 Å². The van der Waals surface area contributed by atoms with Crippen molar-refractivity contribution in [3.05, 3.63) is 72.9 Å². The molecule has 0 fully saturated rings. The van der Waals surface area contributed by atoms with E-state index in [1.54, 1.807) is 0 Å². The van der Waals surface area contributed by atoms with Gasteiger partial charge < -0.3 is 14.2 Å². The van der Waals surface area contributed by atoms with E-state index in [0.717, 1.165) is 70.6 Å². The van der Waals surface area contributed by atoms with Crippen LogP contribution in [0.15, 0.2) is 72.9 Å². The summed E-state index contributed by atoms with van der Waals surface area (Å²) in [5, 5.41) is 0. The minimum Gasteiger partial charge on any atom is -0.462 e. The summed E-state index contributed by atoms with van der Waals surface area (Å²) < 4.78 is 17.3. The molecule has 0 saturated carbocycles. The number of carbonyl (C=O) groups is 2. The van der Waals surface area contributed by atoms with Crippen LogP contribution in [-0.2, 0) is 23.8 Å². The molecule has 0 amide bonds. The molecule has 1 unspecified atom stereocenters. The van der Waals surface area contributed by atoms with Crippen LogP contribution in [0.1, 0.15) is 213 Å². The van der Waals surface area contributed by atoms with Crippen molar-refractivity contribution in [2.24, 2.45) is 0 Å². The van der Waals surface area contributed by atoms with Gasteiger partial charge in [0.25, 0.3) is 0 Å². The Balaban J connectivity index is 4.34. The van der Waals surface area contributed by atoms with Crippen LogP contribution in [0, 0.1) is 0 Å². The lowest BCUT2D eigenvalue weighted by molar-refractivity contribution is -0.163. The van der Waals surface area contributed by atoms with Crippen LogP contribution in [0.25, 0.3) is 0 Å². The molecular weight excluding hydrogens is 693 g/mol. The minimum absolute atomic E-state index is 0.0530. The predicted molar refractivity (Wildman–Crippen MR) is 242 cm³/mol. The second-order valence-electron chi connectivity index (χ2n) is 15.3. The maximum atomic E-state index is 12.7. The number of hydrogen-bond acceptors (Lipinski definition) is 5.